The van der Waals surface area contributed by atoms with Crippen LogP contribution >= 0.6 is 11.6 Å². The largest absolute Gasteiger partial charge is 0.322 e. The van der Waals surface area contributed by atoms with Crippen molar-refractivity contribution in [3.8, 4) is 0 Å². The van der Waals surface area contributed by atoms with Crippen molar-refractivity contribution in [3.05, 3.63) is 62.4 Å². The van der Waals surface area contributed by atoms with Crippen LogP contribution in [0.4, 0.5) is 11.4 Å². The zero-order valence-corrected chi connectivity index (χ0v) is 12.1. The maximum absolute atomic E-state index is 12.1. The molecule has 0 bridgehead atoms. The van der Waals surface area contributed by atoms with Gasteiger partial charge in [0.1, 0.15) is 0 Å². The van der Waals surface area contributed by atoms with Gasteiger partial charge in [-0.1, -0.05) is 11.6 Å². The highest BCUT2D eigenvalue weighted by atomic mass is 35.5. The third-order valence-corrected chi connectivity index (χ3v) is 3.33. The molecule has 7 heteroatoms. The van der Waals surface area contributed by atoms with Crippen LogP contribution in [0.5, 0.6) is 0 Å². The molecule has 0 fully saturated rings. The topological polar surface area (TPSA) is 85.1 Å². The van der Waals surface area contributed by atoms with Crippen molar-refractivity contribution >= 4 is 28.9 Å². The number of rotatable bonds is 3. The van der Waals surface area contributed by atoms with Gasteiger partial charge in [0.2, 0.25) is 0 Å². The smallest absolute Gasteiger partial charge is 0.272 e. The van der Waals surface area contributed by atoms with Crippen LogP contribution in [0.15, 0.2) is 30.6 Å². The summed E-state index contributed by atoms with van der Waals surface area (Å²) in [7, 11) is 0. The molecule has 0 saturated carbocycles. The van der Waals surface area contributed by atoms with Crippen LogP contribution in [0.2, 0.25) is 5.02 Å². The number of nitrogens with zero attached hydrogens (tertiary/aromatic N) is 2. The molecule has 108 valence electrons. The van der Waals surface area contributed by atoms with Gasteiger partial charge in [0.05, 0.1) is 15.5 Å². The van der Waals surface area contributed by atoms with Gasteiger partial charge in [-0.15, -0.1) is 0 Å². The molecule has 6 nitrogen and oxygen atoms in total. The molecule has 0 aliphatic carbocycles. The highest BCUT2D eigenvalue weighted by Crippen LogP contribution is 2.26. The summed E-state index contributed by atoms with van der Waals surface area (Å²) >= 11 is 5.93. The van der Waals surface area contributed by atoms with Crippen molar-refractivity contribution in [2.24, 2.45) is 0 Å². The van der Waals surface area contributed by atoms with Crippen LogP contribution in [0.25, 0.3) is 0 Å². The van der Waals surface area contributed by atoms with Crippen molar-refractivity contribution in [1.82, 2.24) is 4.98 Å². The average Bonchev–Trinajstić information content (AvgIpc) is 2.42. The van der Waals surface area contributed by atoms with E-state index in [2.05, 4.69) is 10.3 Å². The molecule has 1 aromatic heterocycles. The number of amides is 1. The van der Waals surface area contributed by atoms with Gasteiger partial charge < -0.3 is 5.32 Å². The SMILES string of the molecule is Cc1cc([N+](=O)[O-])c(C)cc1NC(=O)c1cnccc1Cl. The van der Waals surface area contributed by atoms with Gasteiger partial charge in [-0.25, -0.2) is 0 Å². The number of hydrogen-bond donors (Lipinski definition) is 1. The third-order valence-electron chi connectivity index (χ3n) is 3.00. The second kappa shape index (κ2) is 5.88. The van der Waals surface area contributed by atoms with E-state index in [1.54, 1.807) is 19.9 Å². The highest BCUT2D eigenvalue weighted by molar-refractivity contribution is 6.34. The number of hydrogen-bond acceptors (Lipinski definition) is 4. The van der Waals surface area contributed by atoms with Gasteiger partial charge in [-0.3, -0.25) is 19.9 Å². The molecule has 0 aliphatic rings. The van der Waals surface area contributed by atoms with Crippen molar-refractivity contribution in [2.75, 3.05) is 5.32 Å². The standard InChI is InChI=1S/C14H12ClN3O3/c1-8-6-13(18(20)21)9(2)5-12(8)17-14(19)10-7-16-4-3-11(10)15/h3-7H,1-2H3,(H,17,19). The van der Waals surface area contributed by atoms with Crippen molar-refractivity contribution in [3.63, 3.8) is 0 Å². The van der Waals surface area contributed by atoms with Crippen LogP contribution in [0.3, 0.4) is 0 Å². The van der Waals surface area contributed by atoms with Crippen LogP contribution in [-0.2, 0) is 0 Å². The van der Waals surface area contributed by atoms with E-state index >= 15 is 0 Å². The predicted octanol–water partition coefficient (Wildman–Crippen LogP) is 3.51. The van der Waals surface area contributed by atoms with Gasteiger partial charge in [-0.05, 0) is 31.5 Å². The van der Waals surface area contributed by atoms with Gasteiger partial charge in [-0.2, -0.15) is 0 Å². The molecule has 21 heavy (non-hydrogen) atoms. The lowest BCUT2D eigenvalue weighted by atomic mass is 10.1. The molecule has 0 saturated heterocycles. The summed E-state index contributed by atoms with van der Waals surface area (Å²) in [6.07, 6.45) is 2.85. The predicted molar refractivity (Wildman–Crippen MR) is 79.8 cm³/mol. The van der Waals surface area contributed by atoms with E-state index in [1.807, 2.05) is 0 Å². The number of anilines is 1. The Morgan fingerprint density at radius 1 is 1.33 bits per heavy atom. The van der Waals surface area contributed by atoms with Gasteiger partial charge in [0.25, 0.3) is 11.6 Å². The van der Waals surface area contributed by atoms with Crippen molar-refractivity contribution in [2.45, 2.75) is 13.8 Å². The summed E-state index contributed by atoms with van der Waals surface area (Å²) in [5, 5.41) is 13.8. The summed E-state index contributed by atoms with van der Waals surface area (Å²) < 4.78 is 0. The van der Waals surface area contributed by atoms with E-state index in [-0.39, 0.29) is 11.3 Å². The number of carbonyl (C=O) groups is 1. The number of nitrogens with one attached hydrogen (secondary N) is 1. The molecule has 0 spiro atoms. The fourth-order valence-corrected chi connectivity index (χ4v) is 2.06. The number of aromatic nitrogens is 1. The zero-order valence-electron chi connectivity index (χ0n) is 11.4. The number of carbonyl (C=O) groups excluding carboxylic acids is 1. The lowest BCUT2D eigenvalue weighted by Gasteiger charge is -2.10. The molecule has 1 amide bonds. The Morgan fingerprint density at radius 3 is 2.67 bits per heavy atom. The summed E-state index contributed by atoms with van der Waals surface area (Å²) in [5.74, 6) is -0.413. The van der Waals surface area contributed by atoms with Crippen LogP contribution in [0.1, 0.15) is 21.5 Å². The summed E-state index contributed by atoms with van der Waals surface area (Å²) in [4.78, 5) is 26.4. The fourth-order valence-electron chi connectivity index (χ4n) is 1.87. The summed E-state index contributed by atoms with van der Waals surface area (Å²) in [6, 6.07) is 4.51. The number of pyridine rings is 1. The summed E-state index contributed by atoms with van der Waals surface area (Å²) in [6.45, 7) is 3.30. The Bertz CT molecular complexity index is 731. The molecule has 1 aromatic carbocycles. The fraction of sp³-hybridized carbons (Fsp3) is 0.143. The van der Waals surface area contributed by atoms with E-state index in [1.165, 1.54) is 24.5 Å². The van der Waals surface area contributed by atoms with E-state index in [0.717, 1.165) is 0 Å². The quantitative estimate of drug-likeness (QED) is 0.694. The van der Waals surface area contributed by atoms with E-state index in [4.69, 9.17) is 11.6 Å². The van der Waals surface area contributed by atoms with Crippen LogP contribution in [0, 0.1) is 24.0 Å². The molecule has 0 radical (unpaired) electrons. The Kier molecular flexibility index (Phi) is 4.18. The number of nitro benzene ring substituents is 1. The van der Waals surface area contributed by atoms with Crippen molar-refractivity contribution in [1.29, 1.82) is 0 Å². The first-order chi connectivity index (χ1) is 9.90. The second-order valence-corrected chi connectivity index (χ2v) is 4.93. The number of nitro groups is 1. The highest BCUT2D eigenvalue weighted by Gasteiger charge is 2.16. The minimum Gasteiger partial charge on any atom is -0.322 e. The molecular weight excluding hydrogens is 294 g/mol. The molecule has 2 rings (SSSR count). The Morgan fingerprint density at radius 2 is 2.05 bits per heavy atom. The molecular formula is C14H12ClN3O3. The number of aryl methyl sites for hydroxylation is 2. The zero-order chi connectivity index (χ0) is 15.6. The van der Waals surface area contributed by atoms with Crippen LogP contribution < -0.4 is 5.32 Å². The van der Waals surface area contributed by atoms with Crippen molar-refractivity contribution < 1.29 is 9.72 Å². The van der Waals surface area contributed by atoms with E-state index in [0.29, 0.717) is 21.8 Å². The molecule has 1 N–H and O–H groups in total. The molecule has 0 atom stereocenters. The Hall–Kier alpha value is -2.47. The van der Waals surface area contributed by atoms with E-state index in [9.17, 15) is 14.9 Å². The summed E-state index contributed by atoms with van der Waals surface area (Å²) in [5.41, 5.74) is 1.83. The number of benzene rings is 1. The maximum Gasteiger partial charge on any atom is 0.272 e. The lowest BCUT2D eigenvalue weighted by molar-refractivity contribution is -0.385. The van der Waals surface area contributed by atoms with Gasteiger partial charge in [0, 0.05) is 29.7 Å². The Balaban J connectivity index is 2.32. The minimum absolute atomic E-state index is 0.0184. The average molecular weight is 306 g/mol. The first kappa shape index (κ1) is 14.9. The monoisotopic (exact) mass is 305 g/mol. The normalized spacial score (nSPS) is 10.2. The van der Waals surface area contributed by atoms with Crippen LogP contribution in [-0.4, -0.2) is 15.8 Å². The lowest BCUT2D eigenvalue weighted by Crippen LogP contribution is -2.14. The van der Waals surface area contributed by atoms with Gasteiger partial charge in [0.15, 0.2) is 0 Å². The first-order valence-corrected chi connectivity index (χ1v) is 6.44. The molecule has 1 heterocycles. The van der Waals surface area contributed by atoms with E-state index < -0.39 is 10.8 Å². The van der Waals surface area contributed by atoms with Gasteiger partial charge >= 0.3 is 0 Å². The molecule has 0 aliphatic heterocycles. The minimum atomic E-state index is -0.452. The Labute approximate surface area is 125 Å². The maximum atomic E-state index is 12.1. The first-order valence-electron chi connectivity index (χ1n) is 6.06. The molecule has 2 aromatic rings. The third kappa shape index (κ3) is 3.17. The molecule has 0 unspecified atom stereocenters. The number of halogens is 1. The second-order valence-electron chi connectivity index (χ2n) is 4.52.